The average molecular weight is 275 g/mol. The van der Waals surface area contributed by atoms with Gasteiger partial charge < -0.3 is 5.32 Å². The van der Waals surface area contributed by atoms with Gasteiger partial charge in [0.1, 0.15) is 0 Å². The Kier molecular flexibility index (Phi) is 5.26. The van der Waals surface area contributed by atoms with Crippen molar-refractivity contribution >= 4 is 24.8 Å². The Morgan fingerprint density at radius 2 is 1.82 bits per heavy atom. The third-order valence-electron chi connectivity index (χ3n) is 3.73. The summed E-state index contributed by atoms with van der Waals surface area (Å²) in [6, 6.07) is 10.8. The Labute approximate surface area is 116 Å². The first-order valence-electron chi connectivity index (χ1n) is 5.89. The first-order valence-corrected chi connectivity index (χ1v) is 5.89. The Balaban J connectivity index is 0.000000722. The lowest BCUT2D eigenvalue weighted by molar-refractivity contribution is 0.134. The lowest BCUT2D eigenvalue weighted by Gasteiger charge is -2.36. The van der Waals surface area contributed by atoms with Gasteiger partial charge in [0.05, 0.1) is 0 Å². The third kappa shape index (κ3) is 3.14. The van der Waals surface area contributed by atoms with Gasteiger partial charge in [-0.05, 0) is 18.4 Å². The summed E-state index contributed by atoms with van der Waals surface area (Å²) in [6.45, 7) is 4.67. The lowest BCUT2D eigenvalue weighted by Crippen LogP contribution is -2.52. The molecule has 1 saturated carbocycles. The van der Waals surface area contributed by atoms with Crippen LogP contribution in [0.25, 0.3) is 0 Å². The molecule has 1 saturated heterocycles. The van der Waals surface area contributed by atoms with Gasteiger partial charge in [0.15, 0.2) is 0 Å². The fourth-order valence-electron chi connectivity index (χ4n) is 2.57. The molecule has 3 rings (SSSR count). The predicted molar refractivity (Wildman–Crippen MR) is 76.2 cm³/mol. The molecular formula is C13H20Cl2N2. The molecule has 0 atom stereocenters. The zero-order valence-electron chi connectivity index (χ0n) is 9.89. The van der Waals surface area contributed by atoms with Crippen LogP contribution in [0.5, 0.6) is 0 Å². The van der Waals surface area contributed by atoms with Crippen LogP contribution in [0.4, 0.5) is 0 Å². The maximum Gasteiger partial charge on any atom is 0.0339 e. The van der Waals surface area contributed by atoms with Crippen LogP contribution in [-0.2, 0) is 6.54 Å². The zero-order valence-corrected chi connectivity index (χ0v) is 11.5. The van der Waals surface area contributed by atoms with E-state index in [0.29, 0.717) is 5.54 Å². The van der Waals surface area contributed by atoms with Gasteiger partial charge in [-0.1, -0.05) is 30.3 Å². The van der Waals surface area contributed by atoms with Crippen molar-refractivity contribution < 1.29 is 0 Å². The first kappa shape index (κ1) is 14.8. The third-order valence-corrected chi connectivity index (χ3v) is 3.73. The summed E-state index contributed by atoms with van der Waals surface area (Å²) in [5, 5.41) is 3.51. The highest BCUT2D eigenvalue weighted by atomic mass is 35.5. The minimum Gasteiger partial charge on any atom is -0.314 e. The molecule has 2 fully saturated rings. The molecule has 1 aromatic rings. The van der Waals surface area contributed by atoms with Crippen molar-refractivity contribution in [3.63, 3.8) is 0 Å². The van der Waals surface area contributed by atoms with Crippen LogP contribution in [-0.4, -0.2) is 30.1 Å². The molecule has 0 aromatic heterocycles. The number of nitrogens with zero attached hydrogens (tertiary/aromatic N) is 1. The van der Waals surface area contributed by atoms with Crippen LogP contribution in [0.2, 0.25) is 0 Å². The molecule has 1 spiro atoms. The van der Waals surface area contributed by atoms with Gasteiger partial charge in [0.2, 0.25) is 0 Å². The second kappa shape index (κ2) is 6.05. The molecule has 1 heterocycles. The first-order chi connectivity index (χ1) is 7.39. The SMILES string of the molecule is Cl.Cl.c1ccc(CN2CCNCC23CC3)cc1. The molecule has 1 aliphatic carbocycles. The predicted octanol–water partition coefficient (Wildman–Crippen LogP) is 2.47. The van der Waals surface area contributed by atoms with E-state index in [0.717, 1.165) is 13.1 Å². The minimum absolute atomic E-state index is 0. The monoisotopic (exact) mass is 274 g/mol. The smallest absolute Gasteiger partial charge is 0.0339 e. The number of benzene rings is 1. The molecule has 4 heteroatoms. The number of nitrogens with one attached hydrogen (secondary N) is 1. The summed E-state index contributed by atoms with van der Waals surface area (Å²) in [5.41, 5.74) is 1.97. The van der Waals surface area contributed by atoms with Gasteiger partial charge in [-0.25, -0.2) is 0 Å². The van der Waals surface area contributed by atoms with Crippen molar-refractivity contribution in [2.75, 3.05) is 19.6 Å². The van der Waals surface area contributed by atoms with Crippen LogP contribution < -0.4 is 5.32 Å². The van der Waals surface area contributed by atoms with Crippen molar-refractivity contribution in [2.24, 2.45) is 0 Å². The molecule has 96 valence electrons. The van der Waals surface area contributed by atoms with Crippen molar-refractivity contribution in [1.29, 1.82) is 0 Å². The van der Waals surface area contributed by atoms with E-state index in [1.54, 1.807) is 0 Å². The number of halogens is 2. The fourth-order valence-corrected chi connectivity index (χ4v) is 2.57. The zero-order chi connectivity index (χ0) is 10.1. The van der Waals surface area contributed by atoms with Crippen molar-refractivity contribution in [3.8, 4) is 0 Å². The molecule has 2 aliphatic rings. The van der Waals surface area contributed by atoms with Crippen LogP contribution in [0.15, 0.2) is 30.3 Å². The van der Waals surface area contributed by atoms with Gasteiger partial charge in [-0.2, -0.15) is 0 Å². The van der Waals surface area contributed by atoms with Crippen molar-refractivity contribution in [2.45, 2.75) is 24.9 Å². The number of piperazine rings is 1. The maximum absolute atomic E-state index is 3.51. The summed E-state index contributed by atoms with van der Waals surface area (Å²) >= 11 is 0. The van der Waals surface area contributed by atoms with E-state index in [1.165, 1.54) is 31.5 Å². The van der Waals surface area contributed by atoms with E-state index in [2.05, 4.69) is 40.5 Å². The highest BCUT2D eigenvalue weighted by Crippen LogP contribution is 2.42. The van der Waals surface area contributed by atoms with E-state index in [1.807, 2.05) is 0 Å². The Morgan fingerprint density at radius 1 is 1.12 bits per heavy atom. The van der Waals surface area contributed by atoms with Gasteiger partial charge in [-0.3, -0.25) is 4.90 Å². The molecule has 2 nitrogen and oxygen atoms in total. The Hall–Kier alpha value is -0.280. The van der Waals surface area contributed by atoms with E-state index in [9.17, 15) is 0 Å². The molecule has 0 unspecified atom stereocenters. The van der Waals surface area contributed by atoms with Crippen molar-refractivity contribution in [3.05, 3.63) is 35.9 Å². The summed E-state index contributed by atoms with van der Waals surface area (Å²) in [6.07, 6.45) is 2.76. The standard InChI is InChI=1S/C13H18N2.2ClH/c1-2-4-12(5-3-1)10-15-9-8-14-11-13(15)6-7-13;;/h1-5,14H,6-11H2;2*1H. The summed E-state index contributed by atoms with van der Waals surface area (Å²) in [5.74, 6) is 0. The normalized spacial score (nSPS) is 21.4. The highest BCUT2D eigenvalue weighted by molar-refractivity contribution is 5.85. The highest BCUT2D eigenvalue weighted by Gasteiger charge is 2.48. The molecule has 1 aromatic carbocycles. The van der Waals surface area contributed by atoms with Crippen LogP contribution >= 0.6 is 24.8 Å². The van der Waals surface area contributed by atoms with E-state index in [-0.39, 0.29) is 24.8 Å². The van der Waals surface area contributed by atoms with Gasteiger partial charge in [0, 0.05) is 31.7 Å². The second-order valence-corrected chi connectivity index (χ2v) is 4.81. The van der Waals surface area contributed by atoms with E-state index in [4.69, 9.17) is 0 Å². The van der Waals surface area contributed by atoms with Crippen LogP contribution in [0.3, 0.4) is 0 Å². The molecule has 1 N–H and O–H groups in total. The molecule has 0 radical (unpaired) electrons. The molecular weight excluding hydrogens is 255 g/mol. The van der Waals surface area contributed by atoms with Crippen LogP contribution in [0, 0.1) is 0 Å². The molecule has 1 aliphatic heterocycles. The second-order valence-electron chi connectivity index (χ2n) is 4.81. The van der Waals surface area contributed by atoms with E-state index >= 15 is 0 Å². The minimum atomic E-state index is 0. The van der Waals surface area contributed by atoms with Gasteiger partial charge in [0.25, 0.3) is 0 Å². The molecule has 0 amide bonds. The van der Waals surface area contributed by atoms with Gasteiger partial charge in [-0.15, -0.1) is 24.8 Å². The van der Waals surface area contributed by atoms with Crippen molar-refractivity contribution in [1.82, 2.24) is 10.2 Å². The number of hydrogen-bond donors (Lipinski definition) is 1. The maximum atomic E-state index is 3.51. The average Bonchev–Trinajstić information content (AvgIpc) is 3.04. The van der Waals surface area contributed by atoms with E-state index < -0.39 is 0 Å². The number of hydrogen-bond acceptors (Lipinski definition) is 2. The molecule has 17 heavy (non-hydrogen) atoms. The Bertz CT molecular complexity index is 339. The van der Waals surface area contributed by atoms with Crippen LogP contribution in [0.1, 0.15) is 18.4 Å². The van der Waals surface area contributed by atoms with Gasteiger partial charge >= 0.3 is 0 Å². The Morgan fingerprint density at radius 3 is 2.47 bits per heavy atom. The summed E-state index contributed by atoms with van der Waals surface area (Å²) in [4.78, 5) is 2.67. The largest absolute Gasteiger partial charge is 0.314 e. The topological polar surface area (TPSA) is 15.3 Å². The lowest BCUT2D eigenvalue weighted by atomic mass is 10.1. The quantitative estimate of drug-likeness (QED) is 0.892. The molecule has 0 bridgehead atoms. The summed E-state index contributed by atoms with van der Waals surface area (Å²) in [7, 11) is 0. The summed E-state index contributed by atoms with van der Waals surface area (Å²) < 4.78 is 0. The number of rotatable bonds is 2. The fraction of sp³-hybridized carbons (Fsp3) is 0.538.